The van der Waals surface area contributed by atoms with Crippen LogP contribution in [0.1, 0.15) is 5.01 Å². The monoisotopic (exact) mass is 488 g/mol. The SMILES string of the molecule is COc1ccc2c(c1)N(CCO)/C(=C/C=C/c1sc3cc(OCC[18F])ccc3[n+]1CCO)S2. The molecular formula is C24H26FN2O4S2+. The molecule has 9 heteroatoms. The van der Waals surface area contributed by atoms with Gasteiger partial charge in [0, 0.05) is 35.7 Å². The summed E-state index contributed by atoms with van der Waals surface area (Å²) in [5.41, 5.74) is 2.01. The Morgan fingerprint density at radius 1 is 1.12 bits per heavy atom. The largest absolute Gasteiger partial charge is 0.497 e. The number of ether oxygens (including phenoxy) is 2. The minimum absolute atomic E-state index is 0.0236. The Morgan fingerprint density at radius 2 is 1.97 bits per heavy atom. The molecule has 0 saturated carbocycles. The van der Waals surface area contributed by atoms with Gasteiger partial charge in [-0.1, -0.05) is 29.2 Å². The summed E-state index contributed by atoms with van der Waals surface area (Å²) < 4.78 is 26.3. The topological polar surface area (TPSA) is 66.0 Å². The Balaban J connectivity index is 1.62. The minimum Gasteiger partial charge on any atom is -0.497 e. The third-order valence-electron chi connectivity index (χ3n) is 5.11. The zero-order valence-corrected chi connectivity index (χ0v) is 19.9. The highest BCUT2D eigenvalue weighted by atomic mass is 32.2. The number of rotatable bonds is 10. The Morgan fingerprint density at radius 3 is 2.73 bits per heavy atom. The van der Waals surface area contributed by atoms with Gasteiger partial charge in [0.1, 0.15) is 36.1 Å². The van der Waals surface area contributed by atoms with Crippen LogP contribution in [-0.2, 0) is 6.54 Å². The highest BCUT2D eigenvalue weighted by Gasteiger charge is 2.25. The molecule has 1 aromatic heterocycles. The molecule has 2 N–H and O–H groups in total. The van der Waals surface area contributed by atoms with Gasteiger partial charge in [-0.25, -0.2) is 4.39 Å². The van der Waals surface area contributed by atoms with E-state index in [9.17, 15) is 14.6 Å². The predicted octanol–water partition coefficient (Wildman–Crippen LogP) is 4.00. The van der Waals surface area contributed by atoms with Gasteiger partial charge in [-0.2, -0.15) is 4.57 Å². The van der Waals surface area contributed by atoms with Gasteiger partial charge in [-0.05, 0) is 24.3 Å². The molecule has 2 aromatic carbocycles. The number of alkyl halides is 1. The molecule has 6 nitrogen and oxygen atoms in total. The van der Waals surface area contributed by atoms with Crippen molar-refractivity contribution in [3.8, 4) is 11.5 Å². The summed E-state index contributed by atoms with van der Waals surface area (Å²) in [4.78, 5) is 3.19. The first-order chi connectivity index (χ1) is 16.2. The van der Waals surface area contributed by atoms with E-state index in [0.29, 0.717) is 18.8 Å². The Hall–Kier alpha value is -2.59. The second-order valence-corrected chi connectivity index (χ2v) is 9.28. The molecule has 0 bridgehead atoms. The van der Waals surface area contributed by atoms with Crippen LogP contribution in [0.2, 0.25) is 0 Å². The van der Waals surface area contributed by atoms with E-state index in [1.165, 1.54) is 0 Å². The number of benzene rings is 2. The summed E-state index contributed by atoms with van der Waals surface area (Å²) in [5, 5.41) is 21.1. The third-order valence-corrected chi connectivity index (χ3v) is 7.35. The number of β-amino-alcohol motifs (C(OH)–C–C–N with tert-alkyl or cyclic N) is 1. The number of aliphatic hydroxyl groups excluding tert-OH is 2. The number of nitrogens with zero attached hydrogens (tertiary/aromatic N) is 2. The van der Waals surface area contributed by atoms with E-state index in [1.807, 2.05) is 54.6 Å². The number of hydrogen-bond acceptors (Lipinski definition) is 7. The first kappa shape index (κ1) is 23.6. The van der Waals surface area contributed by atoms with Crippen LogP contribution >= 0.6 is 23.1 Å². The molecule has 0 amide bonds. The molecule has 3 aromatic rings. The molecule has 1 aliphatic heterocycles. The van der Waals surface area contributed by atoms with Crippen LogP contribution in [0, 0.1) is 0 Å². The standard InChI is InChI=1S/C24H26FN2O4S2/c1-30-17-6-8-21-20(15-17)27(11-13-29)24(32-21)4-2-3-23-26(10-12-28)19-7-5-18(31-14-9-25)16-22(19)33-23/h2-8,15-16,28-29H,9-14H2,1H3/q+1/i25-1. The van der Waals surface area contributed by atoms with Crippen molar-refractivity contribution in [3.05, 3.63) is 58.6 Å². The van der Waals surface area contributed by atoms with Gasteiger partial charge < -0.3 is 24.6 Å². The van der Waals surface area contributed by atoms with Crippen molar-refractivity contribution in [3.63, 3.8) is 0 Å². The number of hydrogen-bond donors (Lipinski definition) is 2. The summed E-state index contributed by atoms with van der Waals surface area (Å²) in [7, 11) is 1.64. The fourth-order valence-corrected chi connectivity index (χ4v) is 5.87. The van der Waals surface area contributed by atoms with Gasteiger partial charge in [-0.3, -0.25) is 0 Å². The van der Waals surface area contributed by atoms with Crippen molar-refractivity contribution in [2.24, 2.45) is 0 Å². The van der Waals surface area contributed by atoms with Crippen molar-refractivity contribution in [2.45, 2.75) is 11.4 Å². The lowest BCUT2D eigenvalue weighted by atomic mass is 10.2. The maximum absolute atomic E-state index is 12.4. The molecule has 33 heavy (non-hydrogen) atoms. The van der Waals surface area contributed by atoms with Gasteiger partial charge in [0.15, 0.2) is 6.54 Å². The molecule has 0 unspecified atom stereocenters. The van der Waals surface area contributed by atoms with Gasteiger partial charge in [0.25, 0.3) is 5.01 Å². The number of halogens is 1. The number of aromatic nitrogens is 1. The lowest BCUT2D eigenvalue weighted by Gasteiger charge is -2.19. The van der Waals surface area contributed by atoms with Crippen molar-refractivity contribution in [1.82, 2.24) is 0 Å². The van der Waals surface area contributed by atoms with E-state index in [4.69, 9.17) is 9.47 Å². The molecular weight excluding hydrogens is 462 g/mol. The molecule has 0 radical (unpaired) electrons. The van der Waals surface area contributed by atoms with Crippen molar-refractivity contribution in [1.29, 1.82) is 0 Å². The number of aliphatic hydroxyl groups is 2. The number of thiazole rings is 1. The van der Waals surface area contributed by atoms with Crippen molar-refractivity contribution >= 4 is 45.1 Å². The fraction of sp³-hybridized carbons (Fsp3) is 0.292. The highest BCUT2D eigenvalue weighted by Crippen LogP contribution is 2.47. The van der Waals surface area contributed by atoms with Crippen molar-refractivity contribution in [2.75, 3.05) is 45.0 Å². The van der Waals surface area contributed by atoms with Gasteiger partial charge in [0.2, 0.25) is 5.52 Å². The fourth-order valence-electron chi connectivity index (χ4n) is 3.66. The molecule has 174 valence electrons. The van der Waals surface area contributed by atoms with E-state index in [2.05, 4.69) is 9.47 Å². The quantitative estimate of drug-likeness (QED) is 0.421. The van der Waals surface area contributed by atoms with Crippen LogP contribution in [0.5, 0.6) is 11.5 Å². The average molecular weight is 489 g/mol. The molecule has 4 rings (SSSR count). The summed E-state index contributed by atoms with van der Waals surface area (Å²) >= 11 is 3.23. The predicted molar refractivity (Wildman–Crippen MR) is 131 cm³/mol. The van der Waals surface area contributed by atoms with Gasteiger partial charge in [-0.15, -0.1) is 0 Å². The first-order valence-corrected chi connectivity index (χ1v) is 12.2. The van der Waals surface area contributed by atoms with Gasteiger partial charge in [0.05, 0.1) is 24.4 Å². The number of anilines is 1. The number of fused-ring (bicyclic) bond motifs is 2. The van der Waals surface area contributed by atoms with E-state index >= 15 is 0 Å². The number of thioether (sulfide) groups is 1. The molecule has 0 spiro atoms. The molecule has 0 atom stereocenters. The summed E-state index contributed by atoms with van der Waals surface area (Å²) in [6.45, 7) is 0.523. The van der Waals surface area contributed by atoms with E-state index in [0.717, 1.165) is 36.6 Å². The molecule has 0 aliphatic carbocycles. The normalized spacial score (nSPS) is 14.5. The minimum atomic E-state index is -0.530. The van der Waals surface area contributed by atoms with Crippen LogP contribution < -0.4 is 18.9 Å². The second-order valence-electron chi connectivity index (χ2n) is 7.16. The Bertz CT molecular complexity index is 1180. The lowest BCUT2D eigenvalue weighted by Crippen LogP contribution is -2.36. The third kappa shape index (κ3) is 5.16. The maximum atomic E-state index is 12.4. The van der Waals surface area contributed by atoms with E-state index in [-0.39, 0.29) is 19.8 Å². The lowest BCUT2D eigenvalue weighted by molar-refractivity contribution is -0.670. The summed E-state index contributed by atoms with van der Waals surface area (Å²) in [6, 6.07) is 11.6. The summed E-state index contributed by atoms with van der Waals surface area (Å²) in [6.07, 6.45) is 6.02. The summed E-state index contributed by atoms with van der Waals surface area (Å²) in [5.74, 6) is 1.41. The first-order valence-electron chi connectivity index (χ1n) is 10.6. The van der Waals surface area contributed by atoms with Crippen molar-refractivity contribution < 1.29 is 28.6 Å². The van der Waals surface area contributed by atoms with Crippen LogP contribution in [0.3, 0.4) is 0 Å². The maximum Gasteiger partial charge on any atom is 0.262 e. The Labute approximate surface area is 200 Å². The molecule has 1 aliphatic rings. The smallest absolute Gasteiger partial charge is 0.262 e. The number of methoxy groups -OCH3 is 1. The molecule has 0 fully saturated rings. The van der Waals surface area contributed by atoms with E-state index in [1.54, 1.807) is 30.2 Å². The van der Waals surface area contributed by atoms with Crippen LogP contribution in [0.15, 0.2) is 58.5 Å². The number of allylic oxidation sites excluding steroid dienone is 2. The van der Waals surface area contributed by atoms with Crippen LogP contribution in [0.25, 0.3) is 16.3 Å². The highest BCUT2D eigenvalue weighted by molar-refractivity contribution is 8.03. The Kier molecular flexibility index (Phi) is 7.87. The van der Waals surface area contributed by atoms with Crippen LogP contribution in [0.4, 0.5) is 10.1 Å². The molecule has 0 saturated heterocycles. The zero-order valence-electron chi connectivity index (χ0n) is 18.2. The van der Waals surface area contributed by atoms with Crippen LogP contribution in [-0.4, -0.2) is 50.4 Å². The van der Waals surface area contributed by atoms with Gasteiger partial charge >= 0.3 is 0 Å². The second kappa shape index (κ2) is 11.0. The van der Waals surface area contributed by atoms with E-state index < -0.39 is 6.67 Å². The zero-order chi connectivity index (χ0) is 23.2. The average Bonchev–Trinajstić information content (AvgIpc) is 3.35. The molecule has 2 heterocycles.